The number of anilines is 2. The van der Waals surface area contributed by atoms with Crippen LogP contribution in [-0.4, -0.2) is 6.03 Å². The minimum Gasteiger partial charge on any atom is -0.399 e. The van der Waals surface area contributed by atoms with Gasteiger partial charge in [-0.3, -0.25) is 4.90 Å². The summed E-state index contributed by atoms with van der Waals surface area (Å²) in [5.74, 6) is 0. The quantitative estimate of drug-likeness (QED) is 0.581. The van der Waals surface area contributed by atoms with Gasteiger partial charge in [0.25, 0.3) is 0 Å². The van der Waals surface area contributed by atoms with Gasteiger partial charge in [-0.05, 0) is 30.3 Å². The maximum absolute atomic E-state index is 11.1. The molecule has 1 aromatic carbocycles. The Labute approximate surface area is 88.5 Å². The van der Waals surface area contributed by atoms with Crippen LogP contribution in [0.2, 0.25) is 0 Å². The van der Waals surface area contributed by atoms with E-state index >= 15 is 0 Å². The molecule has 0 aliphatic rings. The molecule has 0 saturated heterocycles. The van der Waals surface area contributed by atoms with Crippen molar-refractivity contribution in [2.24, 2.45) is 5.73 Å². The standard InChI is InChI=1S/C11H13N3O/c1-2-3-8-14(11(13)15)10-6-4-9(12)5-7-10/h2-8H,1,12H2,(H2,13,15)/b8-3-. The fraction of sp³-hybridized carbons (Fsp3) is 0. The third kappa shape index (κ3) is 2.87. The number of carbonyl (C=O) groups is 1. The number of carbonyl (C=O) groups excluding carboxylic acids is 1. The van der Waals surface area contributed by atoms with E-state index in [0.717, 1.165) is 0 Å². The summed E-state index contributed by atoms with van der Waals surface area (Å²) in [7, 11) is 0. The van der Waals surface area contributed by atoms with Gasteiger partial charge in [-0.2, -0.15) is 0 Å². The second kappa shape index (κ2) is 4.85. The maximum atomic E-state index is 11.1. The number of hydrogen-bond acceptors (Lipinski definition) is 2. The lowest BCUT2D eigenvalue weighted by Gasteiger charge is -2.15. The van der Waals surface area contributed by atoms with Gasteiger partial charge in [-0.1, -0.05) is 12.7 Å². The van der Waals surface area contributed by atoms with Crippen molar-refractivity contribution < 1.29 is 4.79 Å². The molecule has 0 spiro atoms. The molecule has 1 aromatic rings. The number of amides is 2. The fourth-order valence-electron chi connectivity index (χ4n) is 1.07. The van der Waals surface area contributed by atoms with Crippen LogP contribution in [0.1, 0.15) is 0 Å². The summed E-state index contributed by atoms with van der Waals surface area (Å²) in [5.41, 5.74) is 12.0. The summed E-state index contributed by atoms with van der Waals surface area (Å²) in [5, 5.41) is 0. The molecule has 4 N–H and O–H groups in total. The number of nitrogens with zero attached hydrogens (tertiary/aromatic N) is 1. The van der Waals surface area contributed by atoms with Gasteiger partial charge >= 0.3 is 6.03 Å². The van der Waals surface area contributed by atoms with Crippen molar-refractivity contribution in [3.05, 3.63) is 49.2 Å². The van der Waals surface area contributed by atoms with E-state index in [2.05, 4.69) is 6.58 Å². The molecule has 0 aliphatic heterocycles. The lowest BCUT2D eigenvalue weighted by molar-refractivity contribution is 0.256. The molecule has 78 valence electrons. The molecule has 0 bridgehead atoms. The van der Waals surface area contributed by atoms with Gasteiger partial charge in [0, 0.05) is 11.9 Å². The number of rotatable bonds is 3. The fourth-order valence-corrected chi connectivity index (χ4v) is 1.07. The topological polar surface area (TPSA) is 72.3 Å². The molecule has 0 aliphatic carbocycles. The molecule has 0 unspecified atom stereocenters. The van der Waals surface area contributed by atoms with E-state index in [1.807, 2.05) is 0 Å². The molecule has 4 nitrogen and oxygen atoms in total. The van der Waals surface area contributed by atoms with E-state index in [1.54, 1.807) is 42.6 Å². The Morgan fingerprint density at radius 2 is 1.93 bits per heavy atom. The summed E-state index contributed by atoms with van der Waals surface area (Å²) in [6.45, 7) is 3.51. The summed E-state index contributed by atoms with van der Waals surface area (Å²) in [6.07, 6.45) is 4.73. The lowest BCUT2D eigenvalue weighted by atomic mass is 10.2. The van der Waals surface area contributed by atoms with Crippen LogP contribution in [0.5, 0.6) is 0 Å². The van der Waals surface area contributed by atoms with Crippen LogP contribution in [0.15, 0.2) is 49.2 Å². The predicted octanol–water partition coefficient (Wildman–Crippen LogP) is 1.85. The van der Waals surface area contributed by atoms with Gasteiger partial charge in [-0.15, -0.1) is 0 Å². The van der Waals surface area contributed by atoms with Crippen molar-refractivity contribution in [2.45, 2.75) is 0 Å². The Morgan fingerprint density at radius 3 is 2.40 bits per heavy atom. The summed E-state index contributed by atoms with van der Waals surface area (Å²) in [6, 6.07) is 6.28. The second-order valence-electron chi connectivity index (χ2n) is 2.88. The van der Waals surface area contributed by atoms with Gasteiger partial charge in [0.2, 0.25) is 0 Å². The highest BCUT2D eigenvalue weighted by molar-refractivity contribution is 5.92. The Bertz CT molecular complexity index is 381. The first-order chi connectivity index (χ1) is 7.15. The highest BCUT2D eigenvalue weighted by atomic mass is 16.2. The molecular formula is C11H13N3O. The van der Waals surface area contributed by atoms with Crippen LogP contribution in [-0.2, 0) is 0 Å². The van der Waals surface area contributed by atoms with E-state index in [1.165, 1.54) is 4.90 Å². The Balaban J connectivity index is 2.98. The van der Waals surface area contributed by atoms with Crippen molar-refractivity contribution in [1.82, 2.24) is 0 Å². The minimum atomic E-state index is -0.558. The van der Waals surface area contributed by atoms with Crippen molar-refractivity contribution in [2.75, 3.05) is 10.6 Å². The smallest absolute Gasteiger partial charge is 0.323 e. The molecule has 2 amide bonds. The monoisotopic (exact) mass is 203 g/mol. The van der Waals surface area contributed by atoms with E-state index in [9.17, 15) is 4.79 Å². The Kier molecular flexibility index (Phi) is 3.51. The molecule has 0 atom stereocenters. The van der Waals surface area contributed by atoms with Gasteiger partial charge in [0.15, 0.2) is 0 Å². The zero-order valence-corrected chi connectivity index (χ0v) is 8.26. The molecule has 15 heavy (non-hydrogen) atoms. The van der Waals surface area contributed by atoms with Crippen molar-refractivity contribution in [1.29, 1.82) is 0 Å². The number of urea groups is 1. The van der Waals surface area contributed by atoms with Gasteiger partial charge in [-0.25, -0.2) is 4.79 Å². The lowest BCUT2D eigenvalue weighted by Crippen LogP contribution is -2.30. The zero-order valence-electron chi connectivity index (χ0n) is 8.26. The summed E-state index contributed by atoms with van der Waals surface area (Å²) < 4.78 is 0. The summed E-state index contributed by atoms with van der Waals surface area (Å²) >= 11 is 0. The molecular weight excluding hydrogens is 190 g/mol. The van der Waals surface area contributed by atoms with Gasteiger partial charge < -0.3 is 11.5 Å². The Hall–Kier alpha value is -2.23. The van der Waals surface area contributed by atoms with E-state index < -0.39 is 6.03 Å². The van der Waals surface area contributed by atoms with Crippen LogP contribution >= 0.6 is 0 Å². The second-order valence-corrected chi connectivity index (χ2v) is 2.88. The minimum absolute atomic E-state index is 0.558. The van der Waals surface area contributed by atoms with Gasteiger partial charge in [0.1, 0.15) is 0 Å². The average molecular weight is 203 g/mol. The average Bonchev–Trinajstić information content (AvgIpc) is 2.21. The molecule has 0 fully saturated rings. The van der Waals surface area contributed by atoms with Crippen molar-refractivity contribution in [3.8, 4) is 0 Å². The first-order valence-electron chi connectivity index (χ1n) is 4.38. The molecule has 1 rings (SSSR count). The van der Waals surface area contributed by atoms with E-state index in [0.29, 0.717) is 11.4 Å². The molecule has 0 aromatic heterocycles. The normalized spacial score (nSPS) is 10.1. The number of hydrogen-bond donors (Lipinski definition) is 2. The van der Waals surface area contributed by atoms with E-state index in [4.69, 9.17) is 11.5 Å². The number of nitrogen functional groups attached to an aromatic ring is 1. The predicted molar refractivity (Wildman–Crippen MR) is 62.3 cm³/mol. The number of nitrogens with two attached hydrogens (primary N) is 2. The summed E-state index contributed by atoms with van der Waals surface area (Å²) in [4.78, 5) is 12.4. The number of benzene rings is 1. The van der Waals surface area contributed by atoms with Crippen molar-refractivity contribution in [3.63, 3.8) is 0 Å². The zero-order chi connectivity index (χ0) is 11.3. The maximum Gasteiger partial charge on any atom is 0.323 e. The number of primary amides is 1. The van der Waals surface area contributed by atoms with Crippen LogP contribution < -0.4 is 16.4 Å². The highest BCUT2D eigenvalue weighted by Crippen LogP contribution is 2.16. The van der Waals surface area contributed by atoms with Gasteiger partial charge in [0.05, 0.1) is 5.69 Å². The highest BCUT2D eigenvalue weighted by Gasteiger charge is 2.07. The Morgan fingerprint density at radius 1 is 1.33 bits per heavy atom. The van der Waals surface area contributed by atoms with Crippen LogP contribution in [0.3, 0.4) is 0 Å². The van der Waals surface area contributed by atoms with Crippen LogP contribution in [0.25, 0.3) is 0 Å². The third-order valence-corrected chi connectivity index (χ3v) is 1.78. The molecule has 0 saturated carbocycles. The first kappa shape index (κ1) is 10.8. The molecule has 0 radical (unpaired) electrons. The first-order valence-corrected chi connectivity index (χ1v) is 4.38. The van der Waals surface area contributed by atoms with Crippen molar-refractivity contribution >= 4 is 17.4 Å². The molecule has 0 heterocycles. The number of allylic oxidation sites excluding steroid dienone is 2. The molecule has 4 heteroatoms. The van der Waals surface area contributed by atoms with Crippen LogP contribution in [0.4, 0.5) is 16.2 Å². The third-order valence-electron chi connectivity index (χ3n) is 1.78. The van der Waals surface area contributed by atoms with E-state index in [-0.39, 0.29) is 0 Å². The SMILES string of the molecule is C=C/C=C\N(C(N)=O)c1ccc(N)cc1. The largest absolute Gasteiger partial charge is 0.399 e. The van der Waals surface area contributed by atoms with Crippen LogP contribution in [0, 0.1) is 0 Å².